The summed E-state index contributed by atoms with van der Waals surface area (Å²) in [7, 11) is 0. The molecule has 0 aromatic carbocycles. The molecule has 76 valence electrons. The van der Waals surface area contributed by atoms with Gasteiger partial charge in [0.25, 0.3) is 0 Å². The molecule has 1 aliphatic heterocycles. The maximum Gasteiger partial charge on any atom is 0.222 e. The van der Waals surface area contributed by atoms with Crippen molar-refractivity contribution in [2.75, 3.05) is 26.2 Å². The van der Waals surface area contributed by atoms with E-state index in [2.05, 4.69) is 12.2 Å². The van der Waals surface area contributed by atoms with E-state index in [0.29, 0.717) is 18.2 Å². The van der Waals surface area contributed by atoms with Gasteiger partial charge in [-0.15, -0.1) is 0 Å². The van der Waals surface area contributed by atoms with Crippen LogP contribution < -0.4 is 5.32 Å². The molecule has 1 aliphatic rings. The normalized spacial score (nSPS) is 24.2. The van der Waals surface area contributed by atoms with Crippen molar-refractivity contribution in [3.8, 4) is 0 Å². The summed E-state index contributed by atoms with van der Waals surface area (Å²) in [5.74, 6) is 0.931. The fraction of sp³-hybridized carbons (Fsp3) is 0.900. The van der Waals surface area contributed by atoms with E-state index < -0.39 is 0 Å². The van der Waals surface area contributed by atoms with Gasteiger partial charge in [-0.1, -0.05) is 20.3 Å². The summed E-state index contributed by atoms with van der Waals surface area (Å²) < 4.78 is 0. The summed E-state index contributed by atoms with van der Waals surface area (Å²) >= 11 is 0. The third kappa shape index (κ3) is 2.99. The van der Waals surface area contributed by atoms with E-state index in [1.54, 1.807) is 0 Å². The Balaban J connectivity index is 2.48. The van der Waals surface area contributed by atoms with E-state index in [1.807, 2.05) is 11.8 Å². The summed E-state index contributed by atoms with van der Waals surface area (Å²) in [4.78, 5) is 13.5. The molecule has 13 heavy (non-hydrogen) atoms. The van der Waals surface area contributed by atoms with E-state index in [4.69, 9.17) is 0 Å². The number of nitrogens with zero attached hydrogens (tertiary/aromatic N) is 1. The topological polar surface area (TPSA) is 32.3 Å². The highest BCUT2D eigenvalue weighted by atomic mass is 16.2. The lowest BCUT2D eigenvalue weighted by Gasteiger charge is -2.22. The third-order valence-electron chi connectivity index (χ3n) is 2.70. The van der Waals surface area contributed by atoms with Crippen molar-refractivity contribution < 1.29 is 4.79 Å². The number of carbonyl (C=O) groups is 1. The fourth-order valence-electron chi connectivity index (χ4n) is 1.71. The molecule has 0 saturated carbocycles. The SMILES string of the molecule is CCC(=O)N1CCNCC(CC)C1. The predicted molar refractivity (Wildman–Crippen MR) is 53.5 cm³/mol. The van der Waals surface area contributed by atoms with Gasteiger partial charge in [-0.25, -0.2) is 0 Å². The molecule has 1 N–H and O–H groups in total. The maximum absolute atomic E-state index is 11.5. The minimum atomic E-state index is 0.294. The zero-order chi connectivity index (χ0) is 9.68. The fourth-order valence-corrected chi connectivity index (χ4v) is 1.71. The standard InChI is InChI=1S/C10H20N2O/c1-3-9-7-11-5-6-12(8-9)10(13)4-2/h9,11H,3-8H2,1-2H3. The molecule has 1 saturated heterocycles. The molecule has 0 bridgehead atoms. The summed E-state index contributed by atoms with van der Waals surface area (Å²) in [5.41, 5.74) is 0. The number of amides is 1. The van der Waals surface area contributed by atoms with E-state index in [-0.39, 0.29) is 0 Å². The number of hydrogen-bond acceptors (Lipinski definition) is 2. The Morgan fingerprint density at radius 2 is 2.31 bits per heavy atom. The van der Waals surface area contributed by atoms with Gasteiger partial charge in [0.05, 0.1) is 0 Å². The molecule has 0 aromatic heterocycles. The molecule has 0 radical (unpaired) electrons. The molecule has 1 amide bonds. The molecule has 3 heteroatoms. The Labute approximate surface area is 80.5 Å². The van der Waals surface area contributed by atoms with Crippen molar-refractivity contribution in [1.29, 1.82) is 0 Å². The second-order valence-corrected chi connectivity index (χ2v) is 3.67. The Morgan fingerprint density at radius 1 is 1.54 bits per heavy atom. The van der Waals surface area contributed by atoms with Gasteiger partial charge in [-0.05, 0) is 12.5 Å². The largest absolute Gasteiger partial charge is 0.341 e. The zero-order valence-electron chi connectivity index (χ0n) is 8.68. The van der Waals surface area contributed by atoms with Crippen molar-refractivity contribution in [3.63, 3.8) is 0 Å². The van der Waals surface area contributed by atoms with E-state index in [1.165, 1.54) is 0 Å². The first-order valence-electron chi connectivity index (χ1n) is 5.26. The summed E-state index contributed by atoms with van der Waals surface area (Å²) in [6, 6.07) is 0. The van der Waals surface area contributed by atoms with Gasteiger partial charge >= 0.3 is 0 Å². The number of rotatable bonds is 2. The molecule has 1 atom stereocenters. The highest BCUT2D eigenvalue weighted by molar-refractivity contribution is 5.75. The Kier molecular flexibility index (Phi) is 4.22. The van der Waals surface area contributed by atoms with Crippen molar-refractivity contribution >= 4 is 5.91 Å². The van der Waals surface area contributed by atoms with Gasteiger partial charge in [0.2, 0.25) is 5.91 Å². The highest BCUT2D eigenvalue weighted by Crippen LogP contribution is 2.08. The second-order valence-electron chi connectivity index (χ2n) is 3.67. The van der Waals surface area contributed by atoms with Crippen LogP contribution in [0.5, 0.6) is 0 Å². The van der Waals surface area contributed by atoms with Crippen LogP contribution in [0.15, 0.2) is 0 Å². The molecule has 1 heterocycles. The minimum absolute atomic E-state index is 0.294. The molecule has 3 nitrogen and oxygen atoms in total. The number of carbonyl (C=O) groups excluding carboxylic acids is 1. The lowest BCUT2D eigenvalue weighted by molar-refractivity contribution is -0.131. The van der Waals surface area contributed by atoms with Crippen molar-refractivity contribution in [1.82, 2.24) is 10.2 Å². The van der Waals surface area contributed by atoms with E-state index >= 15 is 0 Å². The first-order valence-corrected chi connectivity index (χ1v) is 5.26. The lowest BCUT2D eigenvalue weighted by atomic mass is 10.1. The van der Waals surface area contributed by atoms with Crippen LogP contribution in [0, 0.1) is 5.92 Å². The summed E-state index contributed by atoms with van der Waals surface area (Å²) in [6.07, 6.45) is 1.79. The molecular formula is C10H20N2O. The van der Waals surface area contributed by atoms with Crippen LogP contribution in [0.4, 0.5) is 0 Å². The second kappa shape index (κ2) is 5.22. The molecule has 1 unspecified atom stereocenters. The molecule has 1 rings (SSSR count). The summed E-state index contributed by atoms with van der Waals surface area (Å²) in [6.45, 7) is 7.94. The average molecular weight is 184 g/mol. The van der Waals surface area contributed by atoms with E-state index in [0.717, 1.165) is 32.6 Å². The van der Waals surface area contributed by atoms with Crippen molar-refractivity contribution in [3.05, 3.63) is 0 Å². The van der Waals surface area contributed by atoms with Crippen LogP contribution in [0.2, 0.25) is 0 Å². The Bertz CT molecular complexity index is 170. The maximum atomic E-state index is 11.5. The third-order valence-corrected chi connectivity index (χ3v) is 2.70. The smallest absolute Gasteiger partial charge is 0.222 e. The van der Waals surface area contributed by atoms with Gasteiger partial charge < -0.3 is 10.2 Å². The van der Waals surface area contributed by atoms with Crippen molar-refractivity contribution in [2.45, 2.75) is 26.7 Å². The van der Waals surface area contributed by atoms with Gasteiger partial charge in [0.15, 0.2) is 0 Å². The van der Waals surface area contributed by atoms with Crippen LogP contribution in [0.3, 0.4) is 0 Å². The predicted octanol–water partition coefficient (Wildman–Crippen LogP) is 0.854. The Hall–Kier alpha value is -0.570. The van der Waals surface area contributed by atoms with Crippen molar-refractivity contribution in [2.24, 2.45) is 5.92 Å². The summed E-state index contributed by atoms with van der Waals surface area (Å²) in [5, 5.41) is 3.36. The van der Waals surface area contributed by atoms with E-state index in [9.17, 15) is 4.79 Å². The van der Waals surface area contributed by atoms with Gasteiger partial charge in [-0.2, -0.15) is 0 Å². The molecule has 0 aliphatic carbocycles. The molecule has 0 spiro atoms. The highest BCUT2D eigenvalue weighted by Gasteiger charge is 2.18. The monoisotopic (exact) mass is 184 g/mol. The first kappa shape index (κ1) is 10.5. The van der Waals surface area contributed by atoms with Gasteiger partial charge in [0, 0.05) is 26.1 Å². The molecular weight excluding hydrogens is 164 g/mol. The van der Waals surface area contributed by atoms with Crippen LogP contribution in [-0.2, 0) is 4.79 Å². The Morgan fingerprint density at radius 3 is 2.92 bits per heavy atom. The van der Waals surface area contributed by atoms with Gasteiger partial charge in [0.1, 0.15) is 0 Å². The quantitative estimate of drug-likeness (QED) is 0.690. The minimum Gasteiger partial charge on any atom is -0.341 e. The van der Waals surface area contributed by atoms with Crippen LogP contribution in [0.1, 0.15) is 26.7 Å². The number of hydrogen-bond donors (Lipinski definition) is 1. The zero-order valence-corrected chi connectivity index (χ0v) is 8.68. The molecule has 0 aromatic rings. The van der Waals surface area contributed by atoms with Crippen LogP contribution in [-0.4, -0.2) is 37.0 Å². The van der Waals surface area contributed by atoms with Crippen LogP contribution in [0.25, 0.3) is 0 Å². The first-order chi connectivity index (χ1) is 6.27. The average Bonchev–Trinajstić information content (AvgIpc) is 2.41. The van der Waals surface area contributed by atoms with Crippen LogP contribution >= 0.6 is 0 Å². The molecule has 1 fully saturated rings. The van der Waals surface area contributed by atoms with Gasteiger partial charge in [-0.3, -0.25) is 4.79 Å². The lowest BCUT2D eigenvalue weighted by Crippen LogP contribution is -2.35. The number of nitrogens with one attached hydrogen (secondary N) is 1.